The molecule has 0 saturated carbocycles. The summed E-state index contributed by atoms with van der Waals surface area (Å²) in [6, 6.07) is 16.6. The fraction of sp³-hybridized carbons (Fsp3) is 0.207. The molecule has 3 aromatic heterocycles. The van der Waals surface area contributed by atoms with E-state index in [0.29, 0.717) is 22.3 Å². The minimum atomic E-state index is -0.378. The van der Waals surface area contributed by atoms with Gasteiger partial charge in [-0.05, 0) is 41.2 Å². The summed E-state index contributed by atoms with van der Waals surface area (Å²) in [5.41, 5.74) is 5.87. The number of esters is 1. The van der Waals surface area contributed by atoms with Crippen LogP contribution in [-0.2, 0) is 11.2 Å². The van der Waals surface area contributed by atoms with Crippen LogP contribution in [0.4, 0.5) is 10.8 Å². The molecule has 5 rings (SSSR count). The van der Waals surface area contributed by atoms with Crippen molar-refractivity contribution in [3.05, 3.63) is 80.7 Å². The van der Waals surface area contributed by atoms with E-state index in [1.165, 1.54) is 12.7 Å². The van der Waals surface area contributed by atoms with E-state index >= 15 is 0 Å². The van der Waals surface area contributed by atoms with Gasteiger partial charge in [0.25, 0.3) is 0 Å². The zero-order chi connectivity index (χ0) is 26.1. The van der Waals surface area contributed by atoms with Gasteiger partial charge in [0.15, 0.2) is 0 Å². The fourth-order valence-electron chi connectivity index (χ4n) is 4.37. The average Bonchev–Trinajstić information content (AvgIpc) is 3.51. The first kappa shape index (κ1) is 25.6. The number of ether oxygens (including phenoxy) is 1. The topological polar surface area (TPSA) is 64.1 Å². The first-order valence-corrected chi connectivity index (χ1v) is 14.5. The lowest BCUT2D eigenvalue weighted by atomic mass is 9.99. The van der Waals surface area contributed by atoms with E-state index in [2.05, 4.69) is 81.6 Å². The Hall–Kier alpha value is -3.07. The largest absolute Gasteiger partial charge is 0.465 e. The van der Waals surface area contributed by atoms with Crippen LogP contribution in [0, 0.1) is 0 Å². The van der Waals surface area contributed by atoms with Crippen LogP contribution in [0.2, 0.25) is 0 Å². The number of rotatable bonds is 7. The van der Waals surface area contributed by atoms with E-state index in [4.69, 9.17) is 4.74 Å². The van der Waals surface area contributed by atoms with Crippen LogP contribution in [0.25, 0.3) is 32.5 Å². The normalized spacial score (nSPS) is 11.3. The molecule has 5 aromatic rings. The maximum absolute atomic E-state index is 13.1. The third kappa shape index (κ3) is 4.93. The summed E-state index contributed by atoms with van der Waals surface area (Å²) in [6.45, 7) is 6.48. The minimum absolute atomic E-state index is 0.378. The SMILES string of the molecule is CCc1sc(Nc2ncnc3scc(-c4ccc(C(C)C)cc4)c23)c(C(=O)OC)c1-c1ccc(Br)cc1. The molecule has 0 fully saturated rings. The predicted octanol–water partition coefficient (Wildman–Crippen LogP) is 9.07. The maximum atomic E-state index is 13.1. The zero-order valence-electron chi connectivity index (χ0n) is 21.0. The molecule has 0 bridgehead atoms. The molecule has 188 valence electrons. The van der Waals surface area contributed by atoms with Gasteiger partial charge in [0.05, 0.1) is 12.5 Å². The molecule has 37 heavy (non-hydrogen) atoms. The van der Waals surface area contributed by atoms with Gasteiger partial charge in [0, 0.05) is 25.9 Å². The Morgan fingerprint density at radius 3 is 2.41 bits per heavy atom. The second-order valence-electron chi connectivity index (χ2n) is 8.91. The lowest BCUT2D eigenvalue weighted by molar-refractivity contribution is 0.0603. The summed E-state index contributed by atoms with van der Waals surface area (Å²) in [6.07, 6.45) is 2.35. The number of hydrogen-bond donors (Lipinski definition) is 1. The van der Waals surface area contributed by atoms with E-state index < -0.39 is 0 Å². The van der Waals surface area contributed by atoms with Gasteiger partial charge in [0.2, 0.25) is 0 Å². The van der Waals surface area contributed by atoms with E-state index in [9.17, 15) is 4.79 Å². The number of hydrogen-bond acceptors (Lipinski definition) is 7. The highest BCUT2D eigenvalue weighted by atomic mass is 79.9. The number of carbonyl (C=O) groups is 1. The quantitative estimate of drug-likeness (QED) is 0.191. The summed E-state index contributed by atoms with van der Waals surface area (Å²) in [5.74, 6) is 0.763. The molecule has 5 nitrogen and oxygen atoms in total. The van der Waals surface area contributed by atoms with Crippen molar-refractivity contribution in [1.29, 1.82) is 0 Å². The van der Waals surface area contributed by atoms with Crippen LogP contribution >= 0.6 is 38.6 Å². The van der Waals surface area contributed by atoms with Gasteiger partial charge >= 0.3 is 5.97 Å². The number of aryl methyl sites for hydroxylation is 1. The third-order valence-electron chi connectivity index (χ3n) is 6.32. The van der Waals surface area contributed by atoms with Crippen LogP contribution in [0.5, 0.6) is 0 Å². The molecule has 0 saturated heterocycles. The van der Waals surface area contributed by atoms with Crippen LogP contribution < -0.4 is 5.32 Å². The number of fused-ring (bicyclic) bond motifs is 1. The molecule has 8 heteroatoms. The molecule has 1 N–H and O–H groups in total. The molecule has 0 aliphatic rings. The lowest BCUT2D eigenvalue weighted by Gasteiger charge is -2.11. The van der Waals surface area contributed by atoms with Gasteiger partial charge in [0.1, 0.15) is 27.5 Å². The number of nitrogens with zero attached hydrogens (tertiary/aromatic N) is 2. The van der Waals surface area contributed by atoms with Crippen molar-refractivity contribution in [2.45, 2.75) is 33.1 Å². The number of methoxy groups -OCH3 is 1. The van der Waals surface area contributed by atoms with Gasteiger partial charge in [-0.2, -0.15) is 0 Å². The highest BCUT2D eigenvalue weighted by Crippen LogP contribution is 2.44. The Bertz CT molecular complexity index is 1570. The first-order valence-electron chi connectivity index (χ1n) is 12.0. The van der Waals surface area contributed by atoms with Crippen molar-refractivity contribution in [2.75, 3.05) is 12.4 Å². The summed E-state index contributed by atoms with van der Waals surface area (Å²) in [7, 11) is 1.42. The number of carbonyl (C=O) groups excluding carboxylic acids is 1. The Morgan fingerprint density at radius 1 is 1.05 bits per heavy atom. The van der Waals surface area contributed by atoms with Crippen molar-refractivity contribution < 1.29 is 9.53 Å². The maximum Gasteiger partial charge on any atom is 0.341 e. The number of halogens is 1. The van der Waals surface area contributed by atoms with Crippen molar-refractivity contribution in [2.24, 2.45) is 0 Å². The van der Waals surface area contributed by atoms with Crippen molar-refractivity contribution in [3.63, 3.8) is 0 Å². The molecule has 0 aliphatic heterocycles. The van der Waals surface area contributed by atoms with E-state index in [1.807, 2.05) is 24.3 Å². The van der Waals surface area contributed by atoms with E-state index in [0.717, 1.165) is 48.2 Å². The van der Waals surface area contributed by atoms with Crippen LogP contribution in [0.1, 0.15) is 47.5 Å². The molecular formula is C29H26BrN3O2S2. The molecule has 0 aliphatic carbocycles. The molecule has 2 aromatic carbocycles. The van der Waals surface area contributed by atoms with E-state index in [-0.39, 0.29) is 5.97 Å². The minimum Gasteiger partial charge on any atom is -0.465 e. The van der Waals surface area contributed by atoms with Crippen LogP contribution in [-0.4, -0.2) is 23.0 Å². The molecule has 0 unspecified atom stereocenters. The lowest BCUT2D eigenvalue weighted by Crippen LogP contribution is -2.06. The fourth-order valence-corrected chi connectivity index (χ4v) is 6.70. The standard InChI is InChI=1S/C29H26BrN3O2S2/c1-5-22-23(19-10-12-20(30)13-11-19)25(29(34)35-4)28(37-22)33-26-24-21(14-36-27(24)32-15-31-26)18-8-6-17(7-9-18)16(2)3/h6-16H,5H2,1-4H3,(H,31,32,33). The Kier molecular flexibility index (Phi) is 7.42. The van der Waals surface area contributed by atoms with Crippen LogP contribution in [0.3, 0.4) is 0 Å². The van der Waals surface area contributed by atoms with Crippen molar-refractivity contribution in [1.82, 2.24) is 9.97 Å². The molecule has 0 radical (unpaired) electrons. The highest BCUT2D eigenvalue weighted by Gasteiger charge is 2.26. The number of benzene rings is 2. The summed E-state index contributed by atoms with van der Waals surface area (Å²) in [4.78, 5) is 24.2. The monoisotopic (exact) mass is 591 g/mol. The second-order valence-corrected chi connectivity index (χ2v) is 11.8. The second kappa shape index (κ2) is 10.7. The zero-order valence-corrected chi connectivity index (χ0v) is 24.2. The summed E-state index contributed by atoms with van der Waals surface area (Å²) >= 11 is 6.65. The van der Waals surface area contributed by atoms with Crippen molar-refractivity contribution >= 4 is 65.6 Å². The molecule has 0 atom stereocenters. The number of nitrogens with one attached hydrogen (secondary N) is 1. The summed E-state index contributed by atoms with van der Waals surface area (Å²) in [5, 5.41) is 7.28. The number of thiophene rings is 2. The van der Waals surface area contributed by atoms with Gasteiger partial charge in [-0.1, -0.05) is 73.1 Å². The number of aromatic nitrogens is 2. The average molecular weight is 593 g/mol. The molecule has 0 amide bonds. The van der Waals surface area contributed by atoms with E-state index in [1.54, 1.807) is 29.0 Å². The third-order valence-corrected chi connectivity index (χ3v) is 8.98. The Balaban J connectivity index is 1.64. The Morgan fingerprint density at radius 2 is 1.76 bits per heavy atom. The smallest absolute Gasteiger partial charge is 0.341 e. The van der Waals surface area contributed by atoms with Gasteiger partial charge in [-0.15, -0.1) is 22.7 Å². The van der Waals surface area contributed by atoms with Crippen molar-refractivity contribution in [3.8, 4) is 22.3 Å². The van der Waals surface area contributed by atoms with Crippen LogP contribution in [0.15, 0.2) is 64.7 Å². The predicted molar refractivity (Wildman–Crippen MR) is 158 cm³/mol. The van der Waals surface area contributed by atoms with Gasteiger partial charge in [-0.3, -0.25) is 0 Å². The highest BCUT2D eigenvalue weighted by molar-refractivity contribution is 9.10. The van der Waals surface area contributed by atoms with Gasteiger partial charge in [-0.25, -0.2) is 14.8 Å². The Labute approximate surface area is 232 Å². The molecule has 0 spiro atoms. The first-order chi connectivity index (χ1) is 17.9. The number of anilines is 2. The molecular weight excluding hydrogens is 566 g/mol. The van der Waals surface area contributed by atoms with Gasteiger partial charge < -0.3 is 10.1 Å². The molecule has 3 heterocycles. The summed E-state index contributed by atoms with van der Waals surface area (Å²) < 4.78 is 6.23.